The Labute approximate surface area is 71.4 Å². The van der Waals surface area contributed by atoms with E-state index in [-0.39, 0.29) is 5.91 Å². The molecule has 0 aromatic rings. The first-order chi connectivity index (χ1) is 5.79. The fraction of sp³-hybridized carbons (Fsp3) is 0.300. The minimum atomic E-state index is -0.299. The van der Waals surface area contributed by atoms with Crippen LogP contribution in [-0.4, -0.2) is 5.91 Å². The zero-order valence-corrected chi connectivity index (χ0v) is 6.84. The number of carbonyl (C=O) groups excluding carboxylic acids is 1. The van der Waals surface area contributed by atoms with Gasteiger partial charge in [-0.1, -0.05) is 12.2 Å². The van der Waals surface area contributed by atoms with E-state index in [0.29, 0.717) is 5.57 Å². The third-order valence-electron chi connectivity index (χ3n) is 2.36. The van der Waals surface area contributed by atoms with Crippen LogP contribution in [0.1, 0.15) is 19.3 Å². The highest BCUT2D eigenvalue weighted by atomic mass is 16.1. The molecule has 0 aromatic carbocycles. The fourth-order valence-electron chi connectivity index (χ4n) is 1.77. The Morgan fingerprint density at radius 1 is 1.42 bits per heavy atom. The van der Waals surface area contributed by atoms with Gasteiger partial charge < -0.3 is 5.73 Å². The molecule has 12 heavy (non-hydrogen) atoms. The van der Waals surface area contributed by atoms with E-state index < -0.39 is 0 Å². The predicted molar refractivity (Wildman–Crippen MR) is 47.3 cm³/mol. The largest absolute Gasteiger partial charge is 0.366 e. The summed E-state index contributed by atoms with van der Waals surface area (Å²) in [6.07, 6.45) is 9.23. The van der Waals surface area contributed by atoms with Crippen LogP contribution >= 0.6 is 0 Å². The molecule has 2 aliphatic carbocycles. The van der Waals surface area contributed by atoms with Gasteiger partial charge in [0.15, 0.2) is 0 Å². The molecular formula is C10H11NO. The molecule has 1 amide bonds. The highest BCUT2D eigenvalue weighted by Gasteiger charge is 2.19. The molecule has 0 aliphatic heterocycles. The monoisotopic (exact) mass is 161 g/mol. The second-order valence-corrected chi connectivity index (χ2v) is 3.14. The SMILES string of the molecule is NC(=O)C1=C2CCCC=C2C=C1. The summed E-state index contributed by atoms with van der Waals surface area (Å²) in [7, 11) is 0. The molecular weight excluding hydrogens is 150 g/mol. The smallest absolute Gasteiger partial charge is 0.248 e. The standard InChI is InChI=1S/C10H11NO/c11-10(12)9-6-5-7-3-1-2-4-8(7)9/h3,5-6H,1-2,4H2,(H2,11,12). The number of primary amides is 1. The molecule has 0 unspecified atom stereocenters. The lowest BCUT2D eigenvalue weighted by Gasteiger charge is -2.11. The molecule has 2 aliphatic rings. The van der Waals surface area contributed by atoms with Crippen LogP contribution in [0.25, 0.3) is 0 Å². The van der Waals surface area contributed by atoms with Crippen molar-refractivity contribution in [2.75, 3.05) is 0 Å². The van der Waals surface area contributed by atoms with Gasteiger partial charge in [-0.15, -0.1) is 0 Å². The summed E-state index contributed by atoms with van der Waals surface area (Å²) in [5.74, 6) is -0.299. The molecule has 2 heteroatoms. The Morgan fingerprint density at radius 2 is 2.25 bits per heavy atom. The molecule has 0 saturated carbocycles. The third-order valence-corrected chi connectivity index (χ3v) is 2.36. The normalized spacial score (nSPS) is 20.8. The van der Waals surface area contributed by atoms with Crippen molar-refractivity contribution >= 4 is 5.91 Å². The summed E-state index contributed by atoms with van der Waals surface area (Å²) in [5.41, 5.74) is 8.29. The van der Waals surface area contributed by atoms with E-state index in [0.717, 1.165) is 24.8 Å². The van der Waals surface area contributed by atoms with Crippen molar-refractivity contribution < 1.29 is 4.79 Å². The van der Waals surface area contributed by atoms with E-state index in [4.69, 9.17) is 5.73 Å². The third kappa shape index (κ3) is 0.998. The summed E-state index contributed by atoms with van der Waals surface area (Å²) in [6.45, 7) is 0. The van der Waals surface area contributed by atoms with Gasteiger partial charge in [0.05, 0.1) is 0 Å². The van der Waals surface area contributed by atoms with Crippen LogP contribution in [0.2, 0.25) is 0 Å². The van der Waals surface area contributed by atoms with E-state index in [1.54, 1.807) is 0 Å². The minimum Gasteiger partial charge on any atom is -0.366 e. The van der Waals surface area contributed by atoms with E-state index in [1.807, 2.05) is 12.2 Å². The Morgan fingerprint density at radius 3 is 3.00 bits per heavy atom. The van der Waals surface area contributed by atoms with Crippen LogP contribution in [-0.2, 0) is 4.79 Å². The molecule has 0 bridgehead atoms. The van der Waals surface area contributed by atoms with Crippen LogP contribution in [0.4, 0.5) is 0 Å². The number of carbonyl (C=O) groups is 1. The summed E-state index contributed by atoms with van der Waals surface area (Å²) in [5, 5.41) is 0. The molecule has 0 atom stereocenters. The summed E-state index contributed by atoms with van der Waals surface area (Å²) in [4.78, 5) is 10.9. The van der Waals surface area contributed by atoms with E-state index in [9.17, 15) is 4.79 Å². The van der Waals surface area contributed by atoms with Crippen molar-refractivity contribution in [3.63, 3.8) is 0 Å². The van der Waals surface area contributed by atoms with E-state index >= 15 is 0 Å². The van der Waals surface area contributed by atoms with Crippen molar-refractivity contribution in [1.29, 1.82) is 0 Å². The summed E-state index contributed by atoms with van der Waals surface area (Å²) >= 11 is 0. The first-order valence-corrected chi connectivity index (χ1v) is 4.20. The molecule has 0 aromatic heterocycles. The maximum atomic E-state index is 10.9. The lowest BCUT2D eigenvalue weighted by Crippen LogP contribution is -2.13. The van der Waals surface area contributed by atoms with Gasteiger partial charge in [-0.05, 0) is 36.5 Å². The van der Waals surface area contributed by atoms with Gasteiger partial charge in [0.1, 0.15) is 0 Å². The van der Waals surface area contributed by atoms with Gasteiger partial charge in [0.2, 0.25) is 5.91 Å². The van der Waals surface area contributed by atoms with E-state index in [1.165, 1.54) is 5.57 Å². The van der Waals surface area contributed by atoms with Gasteiger partial charge in [-0.2, -0.15) is 0 Å². The van der Waals surface area contributed by atoms with Gasteiger partial charge in [-0.3, -0.25) is 4.79 Å². The van der Waals surface area contributed by atoms with Crippen molar-refractivity contribution in [3.8, 4) is 0 Å². The number of allylic oxidation sites excluding steroid dienone is 4. The van der Waals surface area contributed by atoms with Gasteiger partial charge >= 0.3 is 0 Å². The van der Waals surface area contributed by atoms with Crippen molar-refractivity contribution in [3.05, 3.63) is 34.9 Å². The van der Waals surface area contributed by atoms with Crippen LogP contribution in [0.15, 0.2) is 34.9 Å². The Kier molecular flexibility index (Phi) is 1.61. The average molecular weight is 161 g/mol. The first-order valence-electron chi connectivity index (χ1n) is 4.20. The molecule has 0 fully saturated rings. The fourth-order valence-corrected chi connectivity index (χ4v) is 1.77. The number of hydrogen-bond acceptors (Lipinski definition) is 1. The molecule has 0 spiro atoms. The second kappa shape index (κ2) is 2.63. The molecule has 0 radical (unpaired) electrons. The quantitative estimate of drug-likeness (QED) is 0.621. The molecule has 2 rings (SSSR count). The Balaban J connectivity index is 2.45. The molecule has 0 saturated heterocycles. The summed E-state index contributed by atoms with van der Waals surface area (Å²) in [6, 6.07) is 0. The molecule has 2 nitrogen and oxygen atoms in total. The maximum Gasteiger partial charge on any atom is 0.248 e. The zero-order valence-electron chi connectivity index (χ0n) is 6.84. The maximum absolute atomic E-state index is 10.9. The van der Waals surface area contributed by atoms with Crippen molar-refractivity contribution in [1.82, 2.24) is 0 Å². The predicted octanol–water partition coefficient (Wildman–Crippen LogP) is 1.45. The van der Waals surface area contributed by atoms with Crippen LogP contribution in [0, 0.1) is 0 Å². The number of hydrogen-bond donors (Lipinski definition) is 1. The number of amides is 1. The highest BCUT2D eigenvalue weighted by Crippen LogP contribution is 2.32. The topological polar surface area (TPSA) is 43.1 Å². The van der Waals surface area contributed by atoms with Gasteiger partial charge in [-0.25, -0.2) is 0 Å². The lowest BCUT2D eigenvalue weighted by atomic mass is 9.94. The lowest BCUT2D eigenvalue weighted by molar-refractivity contribution is -0.114. The number of nitrogens with two attached hydrogens (primary N) is 1. The zero-order chi connectivity index (χ0) is 8.55. The summed E-state index contributed by atoms with van der Waals surface area (Å²) < 4.78 is 0. The van der Waals surface area contributed by atoms with Crippen molar-refractivity contribution in [2.24, 2.45) is 5.73 Å². The average Bonchev–Trinajstić information content (AvgIpc) is 2.47. The van der Waals surface area contributed by atoms with Crippen LogP contribution in [0.5, 0.6) is 0 Å². The Hall–Kier alpha value is -1.31. The second-order valence-electron chi connectivity index (χ2n) is 3.14. The Bertz CT molecular complexity index is 321. The molecule has 2 N–H and O–H groups in total. The molecule has 62 valence electrons. The number of fused-ring (bicyclic) bond motifs is 1. The van der Waals surface area contributed by atoms with E-state index in [2.05, 4.69) is 6.08 Å². The first kappa shape index (κ1) is 7.35. The van der Waals surface area contributed by atoms with Crippen LogP contribution < -0.4 is 5.73 Å². The number of rotatable bonds is 1. The van der Waals surface area contributed by atoms with Gasteiger partial charge in [0, 0.05) is 5.57 Å². The molecule has 0 heterocycles. The highest BCUT2D eigenvalue weighted by molar-refractivity contribution is 5.98. The van der Waals surface area contributed by atoms with Gasteiger partial charge in [0.25, 0.3) is 0 Å². The van der Waals surface area contributed by atoms with Crippen LogP contribution in [0.3, 0.4) is 0 Å². The minimum absolute atomic E-state index is 0.299. The van der Waals surface area contributed by atoms with Crippen molar-refractivity contribution in [2.45, 2.75) is 19.3 Å².